The predicted molar refractivity (Wildman–Crippen MR) is 73.2 cm³/mol. The molecular formula is C14H16BrNO2. The summed E-state index contributed by atoms with van der Waals surface area (Å²) >= 11 is 3.63. The van der Waals surface area contributed by atoms with Crippen molar-refractivity contribution in [2.45, 2.75) is 36.0 Å². The van der Waals surface area contributed by atoms with E-state index in [9.17, 15) is 4.79 Å². The van der Waals surface area contributed by atoms with Crippen LogP contribution in [0.15, 0.2) is 24.3 Å². The molecule has 18 heavy (non-hydrogen) atoms. The summed E-state index contributed by atoms with van der Waals surface area (Å²) in [6.07, 6.45) is 3.39. The number of rotatable bonds is 2. The zero-order chi connectivity index (χ0) is 12.5. The molecule has 1 aliphatic carbocycles. The lowest BCUT2D eigenvalue weighted by Crippen LogP contribution is -2.40. The number of ether oxygens (including phenoxy) is 1. The first kappa shape index (κ1) is 12.0. The van der Waals surface area contributed by atoms with Crippen LogP contribution in [0.2, 0.25) is 0 Å². The molecule has 3 atom stereocenters. The monoisotopic (exact) mass is 309 g/mol. The average molecular weight is 310 g/mol. The van der Waals surface area contributed by atoms with Gasteiger partial charge in [-0.15, -0.1) is 0 Å². The van der Waals surface area contributed by atoms with Gasteiger partial charge in [0.05, 0.1) is 0 Å². The highest BCUT2D eigenvalue weighted by atomic mass is 79.9. The summed E-state index contributed by atoms with van der Waals surface area (Å²) in [5.41, 5.74) is 1.01. The molecule has 0 spiro atoms. The van der Waals surface area contributed by atoms with Gasteiger partial charge in [0.2, 0.25) is 5.91 Å². The van der Waals surface area contributed by atoms with Crippen LogP contribution in [-0.4, -0.2) is 23.4 Å². The van der Waals surface area contributed by atoms with E-state index < -0.39 is 0 Å². The Bertz CT molecular complexity index is 463. The van der Waals surface area contributed by atoms with Crippen molar-refractivity contribution >= 4 is 21.8 Å². The summed E-state index contributed by atoms with van der Waals surface area (Å²) in [7, 11) is 0. The van der Waals surface area contributed by atoms with Gasteiger partial charge in [0, 0.05) is 16.4 Å². The van der Waals surface area contributed by atoms with Crippen molar-refractivity contribution in [3.8, 4) is 5.75 Å². The lowest BCUT2D eigenvalue weighted by atomic mass is 10.00. The van der Waals surface area contributed by atoms with Crippen molar-refractivity contribution in [2.75, 3.05) is 6.61 Å². The van der Waals surface area contributed by atoms with Gasteiger partial charge in [0.25, 0.3) is 0 Å². The van der Waals surface area contributed by atoms with Crippen LogP contribution in [0, 0.1) is 0 Å². The maximum absolute atomic E-state index is 12.3. The van der Waals surface area contributed by atoms with Crippen molar-refractivity contribution in [1.82, 2.24) is 5.32 Å². The number of hydrogen-bond acceptors (Lipinski definition) is 2. The predicted octanol–water partition coefficient (Wildman–Crippen LogP) is 2.59. The molecule has 1 aromatic rings. The van der Waals surface area contributed by atoms with Gasteiger partial charge in [0.1, 0.15) is 18.3 Å². The first-order valence-electron chi connectivity index (χ1n) is 6.42. The Morgan fingerprint density at radius 2 is 2.17 bits per heavy atom. The van der Waals surface area contributed by atoms with Crippen LogP contribution < -0.4 is 10.1 Å². The van der Waals surface area contributed by atoms with E-state index in [0.717, 1.165) is 24.2 Å². The smallest absolute Gasteiger partial charge is 0.231 e. The fourth-order valence-corrected chi connectivity index (χ4v) is 3.46. The summed E-state index contributed by atoms with van der Waals surface area (Å²) in [5, 5.41) is 3.15. The number of carbonyl (C=O) groups is 1. The second kappa shape index (κ2) is 4.92. The first-order valence-corrected chi connectivity index (χ1v) is 7.33. The van der Waals surface area contributed by atoms with Gasteiger partial charge in [0.15, 0.2) is 0 Å². The summed E-state index contributed by atoms with van der Waals surface area (Å²) < 4.78 is 5.55. The minimum absolute atomic E-state index is 0.0938. The summed E-state index contributed by atoms with van der Waals surface area (Å²) in [5.74, 6) is 0.789. The number of amides is 1. The average Bonchev–Trinajstić information content (AvgIpc) is 2.96. The van der Waals surface area contributed by atoms with Gasteiger partial charge in [-0.05, 0) is 18.9 Å². The molecule has 3 unspecified atom stereocenters. The van der Waals surface area contributed by atoms with E-state index in [1.54, 1.807) is 0 Å². The number of halogens is 1. The van der Waals surface area contributed by atoms with E-state index in [1.807, 2.05) is 24.3 Å². The standard InChI is InChI=1S/C14H16BrNO2/c15-11-5-3-6-12(11)16-14(17)10-8-18-13-7-2-1-4-9(10)13/h1-2,4,7,10-12H,3,5-6,8H2,(H,16,17). The van der Waals surface area contributed by atoms with E-state index in [1.165, 1.54) is 6.42 Å². The van der Waals surface area contributed by atoms with Gasteiger partial charge in [-0.3, -0.25) is 4.79 Å². The van der Waals surface area contributed by atoms with Crippen LogP contribution in [0.3, 0.4) is 0 Å². The lowest BCUT2D eigenvalue weighted by Gasteiger charge is -2.18. The van der Waals surface area contributed by atoms with Crippen LogP contribution in [0.4, 0.5) is 0 Å². The largest absolute Gasteiger partial charge is 0.492 e. The molecule has 4 heteroatoms. The van der Waals surface area contributed by atoms with E-state index in [-0.39, 0.29) is 17.9 Å². The van der Waals surface area contributed by atoms with E-state index >= 15 is 0 Å². The minimum atomic E-state index is -0.151. The second-order valence-corrected chi connectivity index (χ2v) is 6.14. The Hall–Kier alpha value is -1.03. The molecule has 1 saturated carbocycles. The SMILES string of the molecule is O=C(NC1CCCC1Br)C1COc2ccccc21. The molecule has 1 aromatic carbocycles. The zero-order valence-corrected chi connectivity index (χ0v) is 11.7. The normalized spacial score (nSPS) is 29.7. The van der Waals surface area contributed by atoms with Crippen LogP contribution in [0.25, 0.3) is 0 Å². The van der Waals surface area contributed by atoms with Crippen molar-refractivity contribution in [3.05, 3.63) is 29.8 Å². The molecule has 1 fully saturated rings. The molecular weight excluding hydrogens is 294 g/mol. The minimum Gasteiger partial charge on any atom is -0.492 e. The fourth-order valence-electron chi connectivity index (χ4n) is 2.74. The highest BCUT2D eigenvalue weighted by Crippen LogP contribution is 2.34. The lowest BCUT2D eigenvalue weighted by molar-refractivity contribution is -0.123. The molecule has 96 valence electrons. The topological polar surface area (TPSA) is 38.3 Å². The Kier molecular flexibility index (Phi) is 3.29. The summed E-state index contributed by atoms with van der Waals surface area (Å²) in [4.78, 5) is 12.7. The molecule has 0 saturated heterocycles. The van der Waals surface area contributed by atoms with Crippen molar-refractivity contribution in [1.29, 1.82) is 0 Å². The maximum Gasteiger partial charge on any atom is 0.231 e. The van der Waals surface area contributed by atoms with E-state index in [4.69, 9.17) is 4.74 Å². The highest BCUT2D eigenvalue weighted by Gasteiger charge is 2.33. The van der Waals surface area contributed by atoms with Crippen LogP contribution in [0.1, 0.15) is 30.7 Å². The van der Waals surface area contributed by atoms with Gasteiger partial charge in [-0.1, -0.05) is 40.5 Å². The van der Waals surface area contributed by atoms with Gasteiger partial charge >= 0.3 is 0 Å². The molecule has 1 amide bonds. The van der Waals surface area contributed by atoms with E-state index in [0.29, 0.717) is 11.4 Å². The van der Waals surface area contributed by atoms with Crippen molar-refractivity contribution in [2.24, 2.45) is 0 Å². The third-order valence-corrected chi connectivity index (χ3v) is 4.87. The highest BCUT2D eigenvalue weighted by molar-refractivity contribution is 9.09. The van der Waals surface area contributed by atoms with Crippen molar-refractivity contribution < 1.29 is 9.53 Å². The summed E-state index contributed by atoms with van der Waals surface area (Å²) in [6.45, 7) is 0.463. The van der Waals surface area contributed by atoms with Crippen LogP contribution in [-0.2, 0) is 4.79 Å². The van der Waals surface area contributed by atoms with Crippen LogP contribution >= 0.6 is 15.9 Å². The zero-order valence-electron chi connectivity index (χ0n) is 10.1. The third kappa shape index (κ3) is 2.14. The molecule has 0 radical (unpaired) electrons. The number of hydrogen-bond donors (Lipinski definition) is 1. The van der Waals surface area contributed by atoms with Gasteiger partial charge < -0.3 is 10.1 Å². The molecule has 3 nitrogen and oxygen atoms in total. The fraction of sp³-hybridized carbons (Fsp3) is 0.500. The first-order chi connectivity index (χ1) is 8.75. The second-order valence-electron chi connectivity index (χ2n) is 4.96. The summed E-state index contributed by atoms with van der Waals surface area (Å²) in [6, 6.07) is 8.06. The van der Waals surface area contributed by atoms with Crippen molar-refractivity contribution in [3.63, 3.8) is 0 Å². The molecule has 2 aliphatic rings. The number of fused-ring (bicyclic) bond motifs is 1. The Morgan fingerprint density at radius 3 is 2.94 bits per heavy atom. The van der Waals surface area contributed by atoms with Crippen LogP contribution in [0.5, 0.6) is 5.75 Å². The Labute approximate surface area is 115 Å². The molecule has 3 rings (SSSR count). The molecule has 0 bridgehead atoms. The number of carbonyl (C=O) groups excluding carboxylic acids is 1. The number of alkyl halides is 1. The Morgan fingerprint density at radius 1 is 1.33 bits per heavy atom. The number of para-hydroxylation sites is 1. The van der Waals surface area contributed by atoms with Gasteiger partial charge in [-0.2, -0.15) is 0 Å². The third-order valence-electron chi connectivity index (χ3n) is 3.78. The number of benzene rings is 1. The maximum atomic E-state index is 12.3. The molecule has 0 aromatic heterocycles. The molecule has 1 aliphatic heterocycles. The molecule has 1 N–H and O–H groups in total. The number of nitrogens with one attached hydrogen (secondary N) is 1. The molecule has 1 heterocycles. The van der Waals surface area contributed by atoms with Gasteiger partial charge in [-0.25, -0.2) is 0 Å². The van der Waals surface area contributed by atoms with E-state index in [2.05, 4.69) is 21.2 Å². The Balaban J connectivity index is 1.71. The quantitative estimate of drug-likeness (QED) is 0.853.